The number of nitrogens with zero attached hydrogens (tertiary/aromatic N) is 4. The van der Waals surface area contributed by atoms with Gasteiger partial charge in [0.25, 0.3) is 0 Å². The van der Waals surface area contributed by atoms with E-state index in [1.165, 1.54) is 55.4 Å². The standard InChI is InChI=1S/C42H58N4O4Si/c1-43(2)29-17-27-13-14-28-18-31(21-38(48-8)34(28)25-33(27)37(19-29)47-7)45(5)15-16-46(6)32-22-40(50-10)36-26-35-39(49-9)20-30(44(3)4)23-41(35)51(11,12)42(36)24-32/h17-24,28,34H,13-16,25-26H2,1-12H3. The van der Waals surface area contributed by atoms with Gasteiger partial charge in [-0.2, -0.15) is 0 Å². The number of benzene rings is 3. The van der Waals surface area contributed by atoms with Crippen molar-refractivity contribution in [3.63, 3.8) is 0 Å². The summed E-state index contributed by atoms with van der Waals surface area (Å²) in [5, 5.41) is 2.89. The minimum Gasteiger partial charge on any atom is -0.501 e. The third kappa shape index (κ3) is 6.77. The highest BCUT2D eigenvalue weighted by Gasteiger charge is 2.39. The maximum absolute atomic E-state index is 6.11. The van der Waals surface area contributed by atoms with E-state index in [-0.39, 0.29) is 0 Å². The summed E-state index contributed by atoms with van der Waals surface area (Å²) in [5.74, 6) is 4.66. The molecule has 0 N–H and O–H groups in total. The van der Waals surface area contributed by atoms with Crippen LogP contribution in [0.15, 0.2) is 60.0 Å². The number of allylic oxidation sites excluding steroid dienone is 3. The minimum absolute atomic E-state index is 0.296. The second kappa shape index (κ2) is 14.4. The molecule has 0 radical (unpaired) electrons. The average Bonchev–Trinajstić information content (AvgIpc) is 3.31. The zero-order valence-corrected chi connectivity index (χ0v) is 33.9. The van der Waals surface area contributed by atoms with Gasteiger partial charge in [0, 0.05) is 109 Å². The molecule has 2 aliphatic carbocycles. The Hall–Kier alpha value is -4.24. The third-order valence-electron chi connectivity index (χ3n) is 11.7. The molecule has 274 valence electrons. The zero-order valence-electron chi connectivity index (χ0n) is 32.9. The highest BCUT2D eigenvalue weighted by molar-refractivity contribution is 7.01. The molecule has 2 unspecified atom stereocenters. The van der Waals surface area contributed by atoms with E-state index in [0.29, 0.717) is 11.8 Å². The van der Waals surface area contributed by atoms with Crippen LogP contribution in [-0.4, -0.2) is 96.8 Å². The van der Waals surface area contributed by atoms with Gasteiger partial charge in [0.15, 0.2) is 0 Å². The molecule has 6 rings (SSSR count). The van der Waals surface area contributed by atoms with Gasteiger partial charge >= 0.3 is 0 Å². The Labute approximate surface area is 307 Å². The quantitative estimate of drug-likeness (QED) is 0.232. The lowest BCUT2D eigenvalue weighted by atomic mass is 9.81. The van der Waals surface area contributed by atoms with Gasteiger partial charge in [0.05, 0.1) is 28.4 Å². The van der Waals surface area contributed by atoms with Crippen LogP contribution in [0, 0.1) is 11.8 Å². The maximum Gasteiger partial charge on any atom is 0.124 e. The molecular formula is C42H58N4O4Si. The molecule has 9 heteroatoms. The van der Waals surface area contributed by atoms with Crippen molar-refractivity contribution in [3.8, 4) is 17.2 Å². The fourth-order valence-corrected chi connectivity index (χ4v) is 11.7. The number of fused-ring (bicyclic) bond motifs is 4. The molecule has 0 fully saturated rings. The Bertz CT molecular complexity index is 1850. The SMILES string of the molecule is COC1=CC(N(C)CCN(C)c2cc(OC)c3c(c2)[Si](C)(C)c2cc(N(C)C)cc(OC)c2C3)=CC2CCc3cc(N(C)C)cc(OC)c3CC12. The molecule has 3 aromatic carbocycles. The molecule has 51 heavy (non-hydrogen) atoms. The van der Waals surface area contributed by atoms with Crippen molar-refractivity contribution < 1.29 is 18.9 Å². The van der Waals surface area contributed by atoms with E-state index in [1.54, 1.807) is 21.3 Å². The van der Waals surface area contributed by atoms with Crippen LogP contribution in [0.4, 0.5) is 17.1 Å². The summed E-state index contributed by atoms with van der Waals surface area (Å²) in [6.07, 6.45) is 8.58. The van der Waals surface area contributed by atoms with Crippen molar-refractivity contribution in [1.82, 2.24) is 4.90 Å². The van der Waals surface area contributed by atoms with Crippen LogP contribution in [0.2, 0.25) is 13.1 Å². The summed E-state index contributed by atoms with van der Waals surface area (Å²) in [5.41, 5.74) is 10.1. The second-order valence-corrected chi connectivity index (χ2v) is 19.8. The molecular weight excluding hydrogens is 653 g/mol. The Kier molecular flexibility index (Phi) is 10.3. The molecule has 0 aromatic heterocycles. The van der Waals surface area contributed by atoms with E-state index in [9.17, 15) is 0 Å². The van der Waals surface area contributed by atoms with Gasteiger partial charge < -0.3 is 38.5 Å². The number of rotatable bonds is 11. The largest absolute Gasteiger partial charge is 0.501 e. The lowest BCUT2D eigenvalue weighted by Crippen LogP contribution is -2.58. The van der Waals surface area contributed by atoms with E-state index in [4.69, 9.17) is 18.9 Å². The second-order valence-electron chi connectivity index (χ2n) is 15.4. The molecule has 0 spiro atoms. The van der Waals surface area contributed by atoms with Gasteiger partial charge in [-0.15, -0.1) is 0 Å². The number of aryl methyl sites for hydroxylation is 1. The predicted octanol–water partition coefficient (Wildman–Crippen LogP) is 5.79. The number of methoxy groups -OCH3 is 4. The van der Waals surface area contributed by atoms with Gasteiger partial charge in [-0.05, 0) is 82.1 Å². The van der Waals surface area contributed by atoms with Crippen LogP contribution in [0.3, 0.4) is 0 Å². The third-order valence-corrected chi connectivity index (χ3v) is 15.3. The summed E-state index contributed by atoms with van der Waals surface area (Å²) >= 11 is 0. The zero-order chi connectivity index (χ0) is 36.8. The fourth-order valence-electron chi connectivity index (χ4n) is 8.42. The van der Waals surface area contributed by atoms with Crippen molar-refractivity contribution in [1.29, 1.82) is 0 Å². The van der Waals surface area contributed by atoms with Crippen molar-refractivity contribution in [2.75, 3.05) is 98.5 Å². The minimum atomic E-state index is -2.09. The van der Waals surface area contributed by atoms with Crippen LogP contribution in [0.5, 0.6) is 17.2 Å². The summed E-state index contributed by atoms with van der Waals surface area (Å²) in [6, 6.07) is 13.7. The molecule has 0 saturated heterocycles. The van der Waals surface area contributed by atoms with E-state index in [1.807, 2.05) is 7.11 Å². The van der Waals surface area contributed by atoms with E-state index in [0.717, 1.165) is 61.8 Å². The van der Waals surface area contributed by atoms with Crippen LogP contribution < -0.4 is 39.3 Å². The van der Waals surface area contributed by atoms with Crippen LogP contribution >= 0.6 is 0 Å². The van der Waals surface area contributed by atoms with Crippen molar-refractivity contribution >= 4 is 35.5 Å². The van der Waals surface area contributed by atoms with E-state index < -0.39 is 8.07 Å². The summed E-state index contributed by atoms with van der Waals surface area (Å²) in [6.45, 7) is 6.67. The first-order valence-electron chi connectivity index (χ1n) is 18.2. The van der Waals surface area contributed by atoms with Crippen LogP contribution in [0.25, 0.3) is 0 Å². The van der Waals surface area contributed by atoms with Crippen molar-refractivity contribution in [3.05, 3.63) is 82.3 Å². The Morgan fingerprint density at radius 2 is 1.18 bits per heavy atom. The fraction of sp³-hybridized carbons (Fsp3) is 0.476. The van der Waals surface area contributed by atoms with E-state index in [2.05, 4.69) is 124 Å². The highest BCUT2D eigenvalue weighted by atomic mass is 28.3. The molecule has 1 heterocycles. The first-order valence-corrected chi connectivity index (χ1v) is 21.2. The molecule has 3 aliphatic rings. The Morgan fingerprint density at radius 1 is 0.647 bits per heavy atom. The van der Waals surface area contributed by atoms with Gasteiger partial charge in [-0.3, -0.25) is 0 Å². The lowest BCUT2D eigenvalue weighted by molar-refractivity contribution is 0.206. The highest BCUT2D eigenvalue weighted by Crippen LogP contribution is 2.43. The van der Waals surface area contributed by atoms with Crippen molar-refractivity contribution in [2.24, 2.45) is 11.8 Å². The van der Waals surface area contributed by atoms with Crippen molar-refractivity contribution in [2.45, 2.75) is 38.8 Å². The Morgan fingerprint density at radius 3 is 1.75 bits per heavy atom. The van der Waals surface area contributed by atoms with Gasteiger partial charge in [0.1, 0.15) is 31.1 Å². The first kappa shape index (κ1) is 36.5. The molecule has 3 aromatic rings. The number of likely N-dealkylation sites (N-methyl/N-ethyl adjacent to an activating group) is 2. The topological polar surface area (TPSA) is 49.9 Å². The molecule has 2 atom stereocenters. The predicted molar refractivity (Wildman–Crippen MR) is 215 cm³/mol. The summed E-state index contributed by atoms with van der Waals surface area (Å²) < 4.78 is 24.1. The van der Waals surface area contributed by atoms with Gasteiger partial charge in [-0.25, -0.2) is 0 Å². The average molecular weight is 711 g/mol. The number of hydrogen-bond donors (Lipinski definition) is 0. The first-order chi connectivity index (χ1) is 24.3. The molecule has 0 bridgehead atoms. The van der Waals surface area contributed by atoms with Gasteiger partial charge in [-0.1, -0.05) is 19.2 Å². The lowest BCUT2D eigenvalue weighted by Gasteiger charge is -2.37. The monoisotopic (exact) mass is 710 g/mol. The molecule has 0 saturated carbocycles. The molecule has 0 amide bonds. The summed E-state index contributed by atoms with van der Waals surface area (Å²) in [4.78, 5) is 9.09. The number of hydrogen-bond acceptors (Lipinski definition) is 8. The smallest absolute Gasteiger partial charge is 0.124 e. The summed E-state index contributed by atoms with van der Waals surface area (Å²) in [7, 11) is 17.9. The Balaban J connectivity index is 1.22. The number of ether oxygens (including phenoxy) is 4. The number of anilines is 3. The van der Waals surface area contributed by atoms with Crippen LogP contribution in [0.1, 0.15) is 28.7 Å². The molecule has 1 aliphatic heterocycles. The van der Waals surface area contributed by atoms with Crippen LogP contribution in [-0.2, 0) is 24.0 Å². The van der Waals surface area contributed by atoms with E-state index >= 15 is 0 Å². The van der Waals surface area contributed by atoms with Gasteiger partial charge in [0.2, 0.25) is 0 Å². The normalized spacial score (nSPS) is 18.4. The maximum atomic E-state index is 6.11. The molecule has 8 nitrogen and oxygen atoms in total.